The molecule has 0 saturated carbocycles. The molecule has 0 unspecified atom stereocenters. The molecule has 2 aromatic rings. The second-order valence-corrected chi connectivity index (χ2v) is 4.82. The zero-order valence-corrected chi connectivity index (χ0v) is 12.3. The SMILES string of the molecule is COc1ccc2c(C)c(Br)c(=O)oc2c1NC(C)=O. The second kappa shape index (κ2) is 5.05. The first-order valence-corrected chi connectivity index (χ1v) is 6.32. The van der Waals surface area contributed by atoms with Gasteiger partial charge < -0.3 is 14.5 Å². The van der Waals surface area contributed by atoms with Gasteiger partial charge in [-0.05, 0) is 40.5 Å². The lowest BCUT2D eigenvalue weighted by atomic mass is 10.1. The number of anilines is 1. The van der Waals surface area contributed by atoms with Crippen LogP contribution in [-0.4, -0.2) is 13.0 Å². The van der Waals surface area contributed by atoms with E-state index >= 15 is 0 Å². The summed E-state index contributed by atoms with van der Waals surface area (Å²) >= 11 is 3.19. The molecule has 5 nitrogen and oxygen atoms in total. The third-order valence-electron chi connectivity index (χ3n) is 2.75. The van der Waals surface area contributed by atoms with Crippen molar-refractivity contribution in [1.29, 1.82) is 0 Å². The first-order valence-electron chi connectivity index (χ1n) is 5.53. The Bertz CT molecular complexity index is 721. The van der Waals surface area contributed by atoms with Crippen molar-refractivity contribution in [3.8, 4) is 5.75 Å². The minimum atomic E-state index is -0.496. The van der Waals surface area contributed by atoms with E-state index in [-0.39, 0.29) is 5.91 Å². The molecular formula is C13H12BrNO4. The summed E-state index contributed by atoms with van der Waals surface area (Å²) in [5.74, 6) is 0.168. The molecule has 0 aliphatic heterocycles. The number of methoxy groups -OCH3 is 1. The van der Waals surface area contributed by atoms with Gasteiger partial charge in [-0.1, -0.05) is 0 Å². The molecule has 0 aliphatic carbocycles. The minimum Gasteiger partial charge on any atom is -0.494 e. The van der Waals surface area contributed by atoms with Gasteiger partial charge >= 0.3 is 5.63 Å². The van der Waals surface area contributed by atoms with E-state index in [1.54, 1.807) is 19.1 Å². The van der Waals surface area contributed by atoms with E-state index in [4.69, 9.17) is 9.15 Å². The van der Waals surface area contributed by atoms with Crippen LogP contribution in [0.5, 0.6) is 5.75 Å². The first kappa shape index (κ1) is 13.6. The van der Waals surface area contributed by atoms with Crippen molar-refractivity contribution in [1.82, 2.24) is 0 Å². The highest BCUT2D eigenvalue weighted by Crippen LogP contribution is 2.35. The molecule has 1 heterocycles. The van der Waals surface area contributed by atoms with E-state index in [9.17, 15) is 9.59 Å². The summed E-state index contributed by atoms with van der Waals surface area (Å²) in [6.07, 6.45) is 0. The molecule has 19 heavy (non-hydrogen) atoms. The van der Waals surface area contributed by atoms with Crippen LogP contribution >= 0.6 is 15.9 Å². The van der Waals surface area contributed by atoms with Crippen LogP contribution < -0.4 is 15.7 Å². The average Bonchev–Trinajstić information content (AvgIpc) is 2.36. The van der Waals surface area contributed by atoms with Crippen LogP contribution in [0.1, 0.15) is 12.5 Å². The fourth-order valence-corrected chi connectivity index (χ4v) is 2.13. The van der Waals surface area contributed by atoms with E-state index in [0.29, 0.717) is 21.5 Å². The number of benzene rings is 1. The van der Waals surface area contributed by atoms with Crippen LogP contribution in [0.2, 0.25) is 0 Å². The Morgan fingerprint density at radius 2 is 2.11 bits per heavy atom. The van der Waals surface area contributed by atoms with Crippen LogP contribution in [0.4, 0.5) is 5.69 Å². The molecular weight excluding hydrogens is 314 g/mol. The molecule has 1 amide bonds. The van der Waals surface area contributed by atoms with Crippen molar-refractivity contribution in [2.75, 3.05) is 12.4 Å². The first-order chi connectivity index (χ1) is 8.95. The number of fused-ring (bicyclic) bond motifs is 1. The maximum atomic E-state index is 11.7. The third-order valence-corrected chi connectivity index (χ3v) is 3.67. The fourth-order valence-electron chi connectivity index (χ4n) is 1.84. The Kier molecular flexibility index (Phi) is 3.61. The topological polar surface area (TPSA) is 68.5 Å². The number of nitrogens with one attached hydrogen (secondary N) is 1. The molecule has 1 N–H and O–H groups in total. The summed E-state index contributed by atoms with van der Waals surface area (Å²) in [5.41, 5.74) is 0.922. The van der Waals surface area contributed by atoms with E-state index < -0.39 is 5.63 Å². The van der Waals surface area contributed by atoms with Crippen LogP contribution in [0.25, 0.3) is 11.0 Å². The van der Waals surface area contributed by atoms with Gasteiger partial charge in [-0.2, -0.15) is 0 Å². The number of hydrogen-bond donors (Lipinski definition) is 1. The molecule has 0 aliphatic rings. The van der Waals surface area contributed by atoms with Gasteiger partial charge in [0.15, 0.2) is 5.58 Å². The quantitative estimate of drug-likeness (QED) is 0.862. The molecule has 0 radical (unpaired) electrons. The van der Waals surface area contributed by atoms with Gasteiger partial charge in [0, 0.05) is 12.3 Å². The molecule has 0 spiro atoms. The lowest BCUT2D eigenvalue weighted by molar-refractivity contribution is -0.114. The molecule has 0 bridgehead atoms. The minimum absolute atomic E-state index is 0.269. The number of rotatable bonds is 2. The van der Waals surface area contributed by atoms with E-state index in [1.165, 1.54) is 14.0 Å². The molecule has 1 aromatic heterocycles. The maximum Gasteiger partial charge on any atom is 0.351 e. The maximum absolute atomic E-state index is 11.7. The number of carbonyl (C=O) groups is 1. The van der Waals surface area contributed by atoms with Crippen LogP contribution in [0.15, 0.2) is 25.8 Å². The summed E-state index contributed by atoms with van der Waals surface area (Å²) < 4.78 is 10.8. The van der Waals surface area contributed by atoms with Gasteiger partial charge in [0.1, 0.15) is 15.9 Å². The monoisotopic (exact) mass is 325 g/mol. The third kappa shape index (κ3) is 2.35. The summed E-state index contributed by atoms with van der Waals surface area (Å²) in [6, 6.07) is 3.50. The van der Waals surface area contributed by atoms with Crippen LogP contribution in [0, 0.1) is 6.92 Å². The molecule has 1 aromatic carbocycles. The van der Waals surface area contributed by atoms with Crippen molar-refractivity contribution in [2.24, 2.45) is 0 Å². The fraction of sp³-hybridized carbons (Fsp3) is 0.231. The predicted octanol–water partition coefficient (Wildman–Crippen LogP) is 2.83. The molecule has 0 atom stereocenters. The van der Waals surface area contributed by atoms with Crippen LogP contribution in [0.3, 0.4) is 0 Å². The largest absolute Gasteiger partial charge is 0.494 e. The van der Waals surface area contributed by atoms with Gasteiger partial charge in [-0.15, -0.1) is 0 Å². The summed E-state index contributed by atoms with van der Waals surface area (Å²) in [6.45, 7) is 3.18. The zero-order chi connectivity index (χ0) is 14.2. The molecule has 2 rings (SSSR count). The smallest absolute Gasteiger partial charge is 0.351 e. The van der Waals surface area contributed by atoms with Gasteiger partial charge in [0.05, 0.1) is 7.11 Å². The van der Waals surface area contributed by atoms with Crippen LogP contribution in [-0.2, 0) is 4.79 Å². The highest BCUT2D eigenvalue weighted by atomic mass is 79.9. The highest BCUT2D eigenvalue weighted by molar-refractivity contribution is 9.10. The number of ether oxygens (including phenoxy) is 1. The number of aryl methyl sites for hydroxylation is 1. The summed E-state index contributed by atoms with van der Waals surface area (Å²) in [5, 5.41) is 3.36. The second-order valence-electron chi connectivity index (χ2n) is 4.03. The number of carbonyl (C=O) groups excluding carboxylic acids is 1. The van der Waals surface area contributed by atoms with Crippen molar-refractivity contribution in [2.45, 2.75) is 13.8 Å². The molecule has 0 fully saturated rings. The van der Waals surface area contributed by atoms with Crippen molar-refractivity contribution < 1.29 is 13.9 Å². The Morgan fingerprint density at radius 1 is 1.42 bits per heavy atom. The van der Waals surface area contributed by atoms with Crippen molar-refractivity contribution >= 4 is 38.5 Å². The zero-order valence-electron chi connectivity index (χ0n) is 10.7. The van der Waals surface area contributed by atoms with Gasteiger partial charge in [0.25, 0.3) is 0 Å². The van der Waals surface area contributed by atoms with Gasteiger partial charge in [-0.3, -0.25) is 4.79 Å². The van der Waals surface area contributed by atoms with Crippen molar-refractivity contribution in [3.05, 3.63) is 32.6 Å². The Balaban J connectivity index is 2.88. The van der Waals surface area contributed by atoms with E-state index in [0.717, 1.165) is 10.9 Å². The lowest BCUT2D eigenvalue weighted by Gasteiger charge is -2.12. The normalized spacial score (nSPS) is 10.5. The number of halogens is 1. The van der Waals surface area contributed by atoms with E-state index in [2.05, 4.69) is 21.2 Å². The lowest BCUT2D eigenvalue weighted by Crippen LogP contribution is -2.10. The molecule has 6 heteroatoms. The predicted molar refractivity (Wildman–Crippen MR) is 75.8 cm³/mol. The summed E-state index contributed by atoms with van der Waals surface area (Å²) in [4.78, 5) is 23.0. The van der Waals surface area contributed by atoms with Crippen molar-refractivity contribution in [3.63, 3.8) is 0 Å². The Hall–Kier alpha value is -1.82. The standard InChI is InChI=1S/C13H12BrNO4/c1-6-8-4-5-9(18-3)11(15-7(2)16)12(8)19-13(17)10(6)14/h4-5H,1-3H3,(H,15,16). The van der Waals surface area contributed by atoms with E-state index in [1.807, 2.05) is 0 Å². The Morgan fingerprint density at radius 3 is 2.68 bits per heavy atom. The van der Waals surface area contributed by atoms with Gasteiger partial charge in [-0.25, -0.2) is 4.79 Å². The molecule has 100 valence electrons. The highest BCUT2D eigenvalue weighted by Gasteiger charge is 2.16. The number of amides is 1. The summed E-state index contributed by atoms with van der Waals surface area (Å²) in [7, 11) is 1.48. The Labute approximate surface area is 117 Å². The molecule has 0 saturated heterocycles. The number of hydrogen-bond acceptors (Lipinski definition) is 4. The van der Waals surface area contributed by atoms with Gasteiger partial charge in [0.2, 0.25) is 5.91 Å². The average molecular weight is 326 g/mol.